The van der Waals surface area contributed by atoms with Crippen molar-refractivity contribution in [2.45, 2.75) is 22.8 Å². The van der Waals surface area contributed by atoms with E-state index >= 15 is 0 Å². The predicted octanol–water partition coefficient (Wildman–Crippen LogP) is 5.85. The normalized spacial score (nSPS) is 12.5. The Balaban J connectivity index is 2.31. The lowest BCUT2D eigenvalue weighted by molar-refractivity contribution is 0.199. The topological polar surface area (TPSA) is 20.2 Å². The van der Waals surface area contributed by atoms with Crippen LogP contribution in [0.3, 0.4) is 0 Å². The Hall–Kier alpha value is -0.380. The summed E-state index contributed by atoms with van der Waals surface area (Å²) in [7, 11) is 0. The van der Waals surface area contributed by atoms with Crippen molar-refractivity contribution in [1.82, 2.24) is 0 Å². The number of hydrogen-bond acceptors (Lipinski definition) is 2. The van der Waals surface area contributed by atoms with E-state index < -0.39 is 6.10 Å². The van der Waals surface area contributed by atoms with Gasteiger partial charge in [-0.15, -0.1) is 0 Å². The molecule has 2 rings (SSSR count). The van der Waals surface area contributed by atoms with Gasteiger partial charge in [-0.2, -0.15) is 0 Å². The van der Waals surface area contributed by atoms with E-state index in [-0.39, 0.29) is 0 Å². The van der Waals surface area contributed by atoms with Crippen molar-refractivity contribution in [3.8, 4) is 0 Å². The lowest BCUT2D eigenvalue weighted by Gasteiger charge is -2.10. The van der Waals surface area contributed by atoms with E-state index in [1.165, 1.54) is 11.8 Å². The van der Waals surface area contributed by atoms with Gasteiger partial charge in [-0.25, -0.2) is 0 Å². The van der Waals surface area contributed by atoms with Gasteiger partial charge in [-0.3, -0.25) is 0 Å². The van der Waals surface area contributed by atoms with E-state index in [2.05, 4.69) is 0 Å². The molecule has 0 aliphatic rings. The highest BCUT2D eigenvalue weighted by Gasteiger charge is 2.09. The molecule has 1 nitrogen and oxygen atoms in total. The van der Waals surface area contributed by atoms with E-state index in [9.17, 15) is 5.11 Å². The molecular weight excluding hydrogens is 323 g/mol. The first-order valence-corrected chi connectivity index (χ1v) is 7.53. The molecule has 0 bridgehead atoms. The molecule has 0 fully saturated rings. The lowest BCUT2D eigenvalue weighted by Crippen LogP contribution is -1.90. The number of aliphatic hydroxyl groups is 1. The number of aliphatic hydroxyl groups excluding tert-OH is 1. The Labute approximate surface area is 131 Å². The third kappa shape index (κ3) is 3.80. The van der Waals surface area contributed by atoms with E-state index in [0.29, 0.717) is 15.1 Å². The van der Waals surface area contributed by atoms with Gasteiger partial charge in [-0.05, 0) is 42.8 Å². The van der Waals surface area contributed by atoms with Crippen LogP contribution >= 0.6 is 46.6 Å². The second kappa shape index (κ2) is 6.38. The minimum absolute atomic E-state index is 0.536. The quantitative estimate of drug-likeness (QED) is 0.760. The first-order chi connectivity index (χ1) is 8.97. The van der Waals surface area contributed by atoms with Crippen LogP contribution in [0.5, 0.6) is 0 Å². The van der Waals surface area contributed by atoms with Crippen LogP contribution in [0.25, 0.3) is 0 Å². The molecule has 2 aromatic carbocycles. The zero-order chi connectivity index (χ0) is 14.0. The molecule has 0 radical (unpaired) electrons. The standard InChI is InChI=1S/C14H11Cl3OS/c1-8(18)9-2-5-13(12(17)6-9)19-14-7-10(15)3-4-11(14)16/h2-8,18H,1H3/t8-/m0/s1. The van der Waals surface area contributed by atoms with Crippen molar-refractivity contribution in [1.29, 1.82) is 0 Å². The Morgan fingerprint density at radius 1 is 0.947 bits per heavy atom. The monoisotopic (exact) mass is 332 g/mol. The maximum Gasteiger partial charge on any atom is 0.0762 e. The van der Waals surface area contributed by atoms with Gasteiger partial charge < -0.3 is 5.11 Å². The maximum atomic E-state index is 9.51. The number of rotatable bonds is 3. The van der Waals surface area contributed by atoms with Crippen molar-refractivity contribution >= 4 is 46.6 Å². The third-order valence-electron chi connectivity index (χ3n) is 2.55. The van der Waals surface area contributed by atoms with Gasteiger partial charge in [0.1, 0.15) is 0 Å². The third-order valence-corrected chi connectivity index (χ3v) is 4.79. The molecule has 0 saturated carbocycles. The van der Waals surface area contributed by atoms with E-state index in [1.807, 2.05) is 12.1 Å². The van der Waals surface area contributed by atoms with Gasteiger partial charge in [0, 0.05) is 14.8 Å². The molecule has 0 spiro atoms. The summed E-state index contributed by atoms with van der Waals surface area (Å²) in [6, 6.07) is 10.8. The molecular formula is C14H11Cl3OS. The summed E-state index contributed by atoms with van der Waals surface area (Å²) in [4.78, 5) is 1.72. The van der Waals surface area contributed by atoms with E-state index in [0.717, 1.165) is 15.4 Å². The molecule has 1 N–H and O–H groups in total. The summed E-state index contributed by atoms with van der Waals surface area (Å²) < 4.78 is 0. The van der Waals surface area contributed by atoms with Crippen LogP contribution in [-0.2, 0) is 0 Å². The van der Waals surface area contributed by atoms with Crippen LogP contribution in [0.2, 0.25) is 15.1 Å². The lowest BCUT2D eigenvalue weighted by atomic mass is 10.1. The molecule has 0 unspecified atom stereocenters. The van der Waals surface area contributed by atoms with Crippen LogP contribution in [0.15, 0.2) is 46.2 Å². The highest BCUT2D eigenvalue weighted by atomic mass is 35.5. The molecule has 0 aliphatic carbocycles. The molecule has 19 heavy (non-hydrogen) atoms. The van der Waals surface area contributed by atoms with Crippen LogP contribution < -0.4 is 0 Å². The number of hydrogen-bond donors (Lipinski definition) is 1. The van der Waals surface area contributed by atoms with Crippen molar-refractivity contribution in [2.75, 3.05) is 0 Å². The van der Waals surface area contributed by atoms with Crippen molar-refractivity contribution < 1.29 is 5.11 Å². The summed E-state index contributed by atoms with van der Waals surface area (Å²) >= 11 is 19.7. The molecule has 0 aliphatic heterocycles. The van der Waals surface area contributed by atoms with Gasteiger partial charge >= 0.3 is 0 Å². The molecule has 5 heteroatoms. The Bertz CT molecular complexity index is 599. The van der Waals surface area contributed by atoms with Gasteiger partial charge in [0.2, 0.25) is 0 Å². The van der Waals surface area contributed by atoms with E-state index in [4.69, 9.17) is 34.8 Å². The molecule has 0 aromatic heterocycles. The minimum atomic E-state index is -0.536. The predicted molar refractivity (Wildman–Crippen MR) is 82.7 cm³/mol. The van der Waals surface area contributed by atoms with Gasteiger partial charge in [-0.1, -0.05) is 52.6 Å². The minimum Gasteiger partial charge on any atom is -0.389 e. The van der Waals surface area contributed by atoms with Gasteiger partial charge in [0.25, 0.3) is 0 Å². The molecule has 1 atom stereocenters. The summed E-state index contributed by atoms with van der Waals surface area (Å²) in [5.41, 5.74) is 0.784. The Morgan fingerprint density at radius 3 is 2.32 bits per heavy atom. The highest BCUT2D eigenvalue weighted by molar-refractivity contribution is 7.99. The largest absolute Gasteiger partial charge is 0.389 e. The van der Waals surface area contributed by atoms with Crippen LogP contribution in [0.4, 0.5) is 0 Å². The zero-order valence-corrected chi connectivity index (χ0v) is 13.1. The highest BCUT2D eigenvalue weighted by Crippen LogP contribution is 2.39. The van der Waals surface area contributed by atoms with Crippen LogP contribution in [-0.4, -0.2) is 5.11 Å². The SMILES string of the molecule is C[C@H](O)c1ccc(Sc2cc(Cl)ccc2Cl)c(Cl)c1. The second-order valence-corrected chi connectivity index (χ2v) is 6.38. The molecule has 0 amide bonds. The van der Waals surface area contributed by atoms with Crippen molar-refractivity contribution in [3.05, 3.63) is 57.0 Å². The smallest absolute Gasteiger partial charge is 0.0762 e. The average Bonchev–Trinajstić information content (AvgIpc) is 2.36. The van der Waals surface area contributed by atoms with Gasteiger partial charge in [0.05, 0.1) is 16.1 Å². The summed E-state index contributed by atoms with van der Waals surface area (Å²) in [5, 5.41) is 11.3. The Kier molecular flexibility index (Phi) is 5.04. The number of benzene rings is 2. The average molecular weight is 334 g/mol. The first-order valence-electron chi connectivity index (χ1n) is 5.58. The summed E-state index contributed by atoms with van der Waals surface area (Å²) in [6.07, 6.45) is -0.536. The molecule has 2 aromatic rings. The fourth-order valence-corrected chi connectivity index (χ4v) is 3.19. The molecule has 0 saturated heterocycles. The fourth-order valence-electron chi connectivity index (χ4n) is 1.53. The van der Waals surface area contributed by atoms with Crippen molar-refractivity contribution in [3.63, 3.8) is 0 Å². The summed E-state index contributed by atoms with van der Waals surface area (Å²) in [6.45, 7) is 1.70. The molecule has 100 valence electrons. The van der Waals surface area contributed by atoms with Gasteiger partial charge in [0.15, 0.2) is 0 Å². The number of halogens is 3. The van der Waals surface area contributed by atoms with Crippen LogP contribution in [0, 0.1) is 0 Å². The second-order valence-electron chi connectivity index (χ2n) is 4.04. The molecule has 0 heterocycles. The fraction of sp³-hybridized carbons (Fsp3) is 0.143. The maximum absolute atomic E-state index is 9.51. The zero-order valence-electron chi connectivity index (χ0n) is 10.0. The van der Waals surface area contributed by atoms with Crippen LogP contribution in [0.1, 0.15) is 18.6 Å². The van der Waals surface area contributed by atoms with E-state index in [1.54, 1.807) is 31.2 Å². The Morgan fingerprint density at radius 2 is 1.68 bits per heavy atom. The first kappa shape index (κ1) is 15.0. The summed E-state index contributed by atoms with van der Waals surface area (Å²) in [5.74, 6) is 0. The van der Waals surface area contributed by atoms with Crippen molar-refractivity contribution in [2.24, 2.45) is 0 Å².